The first-order chi connectivity index (χ1) is 20.2. The molecule has 0 aromatic heterocycles. The van der Waals surface area contributed by atoms with Gasteiger partial charge in [-0.05, 0) is 81.3 Å². The smallest absolute Gasteiger partial charge is 0.264 e. The average Bonchev–Trinajstić information content (AvgIpc) is 2.95. The van der Waals surface area contributed by atoms with Crippen molar-refractivity contribution in [3.8, 4) is 11.5 Å². The third-order valence-corrected chi connectivity index (χ3v) is 8.88. The molecule has 3 aromatic carbocycles. The van der Waals surface area contributed by atoms with Crippen LogP contribution in [0.4, 0.5) is 5.69 Å². The average molecular weight is 651 g/mol. The van der Waals surface area contributed by atoms with Crippen molar-refractivity contribution in [2.24, 2.45) is 0 Å². The number of amides is 2. The monoisotopic (exact) mass is 649 g/mol. The summed E-state index contributed by atoms with van der Waals surface area (Å²) in [5.74, 6) is -0.280. The Hall–Kier alpha value is -3.47. The van der Waals surface area contributed by atoms with Gasteiger partial charge in [0.05, 0.1) is 24.8 Å². The van der Waals surface area contributed by atoms with Gasteiger partial charge >= 0.3 is 0 Å². The van der Waals surface area contributed by atoms with E-state index in [4.69, 9.17) is 32.7 Å². The lowest BCUT2D eigenvalue weighted by molar-refractivity contribution is -0.141. The molecule has 0 fully saturated rings. The van der Waals surface area contributed by atoms with Gasteiger partial charge in [-0.25, -0.2) is 8.42 Å². The predicted molar refractivity (Wildman–Crippen MR) is 170 cm³/mol. The van der Waals surface area contributed by atoms with Gasteiger partial charge in [-0.3, -0.25) is 13.9 Å². The molecule has 12 heteroatoms. The van der Waals surface area contributed by atoms with E-state index in [1.807, 2.05) is 20.8 Å². The zero-order valence-corrected chi connectivity index (χ0v) is 27.4. The van der Waals surface area contributed by atoms with Gasteiger partial charge in [0.15, 0.2) is 0 Å². The summed E-state index contributed by atoms with van der Waals surface area (Å²) in [6.07, 6.45) is 0.263. The number of sulfonamides is 1. The van der Waals surface area contributed by atoms with E-state index in [0.29, 0.717) is 21.4 Å². The van der Waals surface area contributed by atoms with Crippen LogP contribution in [0.5, 0.6) is 11.5 Å². The van der Waals surface area contributed by atoms with Crippen LogP contribution in [0.25, 0.3) is 0 Å². The maximum Gasteiger partial charge on any atom is 0.264 e. The number of para-hydroxylation sites is 2. The van der Waals surface area contributed by atoms with E-state index in [2.05, 4.69) is 5.32 Å². The van der Waals surface area contributed by atoms with Gasteiger partial charge in [0.1, 0.15) is 24.1 Å². The zero-order chi connectivity index (χ0) is 31.9. The van der Waals surface area contributed by atoms with Crippen LogP contribution in [0.3, 0.4) is 0 Å². The second-order valence-electron chi connectivity index (χ2n) is 10.8. The van der Waals surface area contributed by atoms with E-state index in [-0.39, 0.29) is 35.2 Å². The van der Waals surface area contributed by atoms with Gasteiger partial charge in [0.25, 0.3) is 10.0 Å². The Labute approximate surface area is 263 Å². The minimum Gasteiger partial charge on any atom is -0.497 e. The highest BCUT2D eigenvalue weighted by Crippen LogP contribution is 2.33. The second kappa shape index (κ2) is 14.3. The van der Waals surface area contributed by atoms with Crippen molar-refractivity contribution < 1.29 is 27.5 Å². The molecule has 0 radical (unpaired) electrons. The molecule has 1 N–H and O–H groups in total. The van der Waals surface area contributed by atoms with E-state index < -0.39 is 34.1 Å². The molecule has 0 bridgehead atoms. The SMILES string of the molecule is CC[C@H](C(=O)NC(C)(C)C)N(Cc1ccc(Cl)cc1Cl)C(=O)CN(c1ccccc1OC)S(=O)(=O)c1ccc(OC)cc1. The van der Waals surface area contributed by atoms with E-state index in [0.717, 1.165) is 4.31 Å². The Morgan fingerprint density at radius 1 is 0.953 bits per heavy atom. The van der Waals surface area contributed by atoms with Crippen LogP contribution >= 0.6 is 23.2 Å². The van der Waals surface area contributed by atoms with Crippen molar-refractivity contribution in [2.45, 2.75) is 57.1 Å². The maximum atomic E-state index is 14.3. The molecule has 0 saturated heterocycles. The number of ether oxygens (including phenoxy) is 2. The number of nitrogens with zero attached hydrogens (tertiary/aromatic N) is 2. The number of carbonyl (C=O) groups excluding carboxylic acids is 2. The lowest BCUT2D eigenvalue weighted by Crippen LogP contribution is -2.55. The van der Waals surface area contributed by atoms with Crippen LogP contribution in [-0.2, 0) is 26.2 Å². The molecule has 3 aromatic rings. The molecule has 2 amide bonds. The number of hydrogen-bond acceptors (Lipinski definition) is 6. The summed E-state index contributed by atoms with van der Waals surface area (Å²) < 4.78 is 39.9. The molecule has 0 aliphatic heterocycles. The van der Waals surface area contributed by atoms with Gasteiger partial charge in [0.2, 0.25) is 11.8 Å². The van der Waals surface area contributed by atoms with Crippen LogP contribution < -0.4 is 19.1 Å². The van der Waals surface area contributed by atoms with E-state index >= 15 is 0 Å². The van der Waals surface area contributed by atoms with Crippen LogP contribution in [0.2, 0.25) is 10.0 Å². The van der Waals surface area contributed by atoms with Crippen LogP contribution in [0.1, 0.15) is 39.7 Å². The van der Waals surface area contributed by atoms with Gasteiger partial charge in [-0.1, -0.05) is 48.3 Å². The van der Waals surface area contributed by atoms with Gasteiger partial charge in [-0.2, -0.15) is 0 Å². The Bertz CT molecular complexity index is 1540. The minimum atomic E-state index is -4.30. The number of halogens is 2. The molecule has 0 aliphatic carbocycles. The topological polar surface area (TPSA) is 105 Å². The van der Waals surface area contributed by atoms with Crippen molar-refractivity contribution in [3.63, 3.8) is 0 Å². The Balaban J connectivity index is 2.13. The summed E-state index contributed by atoms with van der Waals surface area (Å²) >= 11 is 12.6. The first-order valence-corrected chi connectivity index (χ1v) is 15.8. The van der Waals surface area contributed by atoms with Crippen molar-refractivity contribution >= 4 is 50.7 Å². The molecular formula is C31H37Cl2N3O6S. The normalized spacial score (nSPS) is 12.3. The molecule has 0 saturated carbocycles. The van der Waals surface area contributed by atoms with E-state index in [9.17, 15) is 18.0 Å². The fraction of sp³-hybridized carbons (Fsp3) is 0.355. The molecule has 3 rings (SSSR count). The lowest BCUT2D eigenvalue weighted by atomic mass is 10.1. The molecule has 0 aliphatic rings. The quantitative estimate of drug-likeness (QED) is 0.261. The van der Waals surface area contributed by atoms with Crippen LogP contribution in [0, 0.1) is 0 Å². The van der Waals surface area contributed by atoms with E-state index in [1.54, 1.807) is 49.4 Å². The Morgan fingerprint density at radius 3 is 2.16 bits per heavy atom. The molecule has 0 spiro atoms. The third kappa shape index (κ3) is 8.55. The Morgan fingerprint density at radius 2 is 1.60 bits per heavy atom. The van der Waals surface area contributed by atoms with Gasteiger partial charge in [-0.15, -0.1) is 0 Å². The largest absolute Gasteiger partial charge is 0.497 e. The molecule has 232 valence electrons. The van der Waals surface area contributed by atoms with Gasteiger partial charge < -0.3 is 19.7 Å². The predicted octanol–water partition coefficient (Wildman–Crippen LogP) is 5.93. The van der Waals surface area contributed by atoms with Crippen LogP contribution in [-0.4, -0.2) is 57.5 Å². The number of rotatable bonds is 12. The molecule has 43 heavy (non-hydrogen) atoms. The highest BCUT2D eigenvalue weighted by atomic mass is 35.5. The zero-order valence-electron chi connectivity index (χ0n) is 25.1. The number of methoxy groups -OCH3 is 2. The summed E-state index contributed by atoms with van der Waals surface area (Å²) in [5, 5.41) is 3.66. The summed E-state index contributed by atoms with van der Waals surface area (Å²) in [6, 6.07) is 16.3. The highest BCUT2D eigenvalue weighted by molar-refractivity contribution is 7.92. The molecule has 0 heterocycles. The van der Waals surface area contributed by atoms with Crippen molar-refractivity contribution in [1.82, 2.24) is 10.2 Å². The van der Waals surface area contributed by atoms with Gasteiger partial charge in [0, 0.05) is 22.1 Å². The first kappa shape index (κ1) is 34.0. The second-order valence-corrected chi connectivity index (χ2v) is 13.5. The summed E-state index contributed by atoms with van der Waals surface area (Å²) in [7, 11) is -1.41. The molecular weight excluding hydrogens is 613 g/mol. The third-order valence-electron chi connectivity index (χ3n) is 6.52. The van der Waals surface area contributed by atoms with Crippen LogP contribution in [0.15, 0.2) is 71.6 Å². The summed E-state index contributed by atoms with van der Waals surface area (Å²) in [4.78, 5) is 29.0. The standard InChI is InChI=1S/C31H37Cl2N3O6S/c1-7-26(30(38)34-31(2,3)4)35(19-21-12-13-22(32)18-25(21)33)29(37)20-36(27-10-8-9-11-28(27)42-6)43(39,40)24-16-14-23(41-5)15-17-24/h8-18,26H,7,19-20H2,1-6H3,(H,34,38)/t26-/m1/s1. The number of benzene rings is 3. The first-order valence-electron chi connectivity index (χ1n) is 13.6. The van der Waals surface area contributed by atoms with Crippen molar-refractivity contribution in [1.29, 1.82) is 0 Å². The fourth-order valence-electron chi connectivity index (χ4n) is 4.43. The lowest BCUT2D eigenvalue weighted by Gasteiger charge is -2.35. The molecule has 9 nitrogen and oxygen atoms in total. The number of anilines is 1. The fourth-order valence-corrected chi connectivity index (χ4v) is 6.32. The number of carbonyl (C=O) groups is 2. The van der Waals surface area contributed by atoms with E-state index in [1.165, 1.54) is 43.4 Å². The summed E-state index contributed by atoms with van der Waals surface area (Å²) in [6.45, 7) is 6.61. The molecule has 0 unspecified atom stereocenters. The maximum absolute atomic E-state index is 14.3. The summed E-state index contributed by atoms with van der Waals surface area (Å²) in [5.41, 5.74) is 0.132. The minimum absolute atomic E-state index is 0.0585. The van der Waals surface area contributed by atoms with Crippen molar-refractivity contribution in [3.05, 3.63) is 82.3 Å². The van der Waals surface area contributed by atoms with Crippen molar-refractivity contribution in [2.75, 3.05) is 25.1 Å². The molecule has 1 atom stereocenters. The Kier molecular flexibility index (Phi) is 11.3. The highest BCUT2D eigenvalue weighted by Gasteiger charge is 2.35. The number of hydrogen-bond donors (Lipinski definition) is 1. The number of nitrogens with one attached hydrogen (secondary N) is 1.